The Bertz CT molecular complexity index is 542. The van der Waals surface area contributed by atoms with Crippen LogP contribution in [0.15, 0.2) is 18.2 Å². The predicted molar refractivity (Wildman–Crippen MR) is 76.7 cm³/mol. The van der Waals surface area contributed by atoms with Gasteiger partial charge in [0.2, 0.25) is 0 Å². The van der Waals surface area contributed by atoms with E-state index in [4.69, 9.17) is 5.73 Å². The molecule has 20 heavy (non-hydrogen) atoms. The molecule has 0 heterocycles. The lowest BCUT2D eigenvalue weighted by molar-refractivity contribution is 0.248. The van der Waals surface area contributed by atoms with Crippen LogP contribution in [0, 0.1) is 17.7 Å². The summed E-state index contributed by atoms with van der Waals surface area (Å²) in [6, 6.07) is 4.35. The molecule has 5 heteroatoms. The van der Waals surface area contributed by atoms with E-state index >= 15 is 0 Å². The molecule has 0 saturated heterocycles. The van der Waals surface area contributed by atoms with Gasteiger partial charge in [0.15, 0.2) is 0 Å². The van der Waals surface area contributed by atoms with Gasteiger partial charge in [-0.3, -0.25) is 0 Å². The van der Waals surface area contributed by atoms with Crippen LogP contribution in [0.5, 0.6) is 0 Å². The second-order valence-electron chi connectivity index (χ2n) is 4.78. The number of nitrogens with two attached hydrogens (primary N) is 1. The summed E-state index contributed by atoms with van der Waals surface area (Å²) < 4.78 is 13.7. The van der Waals surface area contributed by atoms with Crippen LogP contribution in [0.25, 0.3) is 0 Å². The summed E-state index contributed by atoms with van der Waals surface area (Å²) in [5, 5.41) is 5.51. The van der Waals surface area contributed by atoms with Crippen molar-refractivity contribution < 1.29 is 9.18 Å². The summed E-state index contributed by atoms with van der Waals surface area (Å²) in [6.45, 7) is 0.184. The van der Waals surface area contributed by atoms with E-state index in [9.17, 15) is 9.18 Å². The Labute approximate surface area is 117 Å². The van der Waals surface area contributed by atoms with E-state index in [0.717, 1.165) is 25.7 Å². The standard InChI is InChI=1S/C15H18FN3O/c16-14-10-13(8-7-11(14)4-3-9-17)19-15(20)18-12-5-1-2-6-12/h7-8,10,12H,1-2,5-6,9,17H2,(H2,18,19,20). The molecule has 1 fully saturated rings. The van der Waals surface area contributed by atoms with Crippen LogP contribution in [0.2, 0.25) is 0 Å². The summed E-state index contributed by atoms with van der Waals surface area (Å²) in [7, 11) is 0. The summed E-state index contributed by atoms with van der Waals surface area (Å²) >= 11 is 0. The average Bonchev–Trinajstić information content (AvgIpc) is 2.90. The second-order valence-corrected chi connectivity index (χ2v) is 4.78. The van der Waals surface area contributed by atoms with Crippen molar-refractivity contribution in [2.45, 2.75) is 31.7 Å². The van der Waals surface area contributed by atoms with E-state index in [0.29, 0.717) is 5.69 Å². The summed E-state index contributed by atoms with van der Waals surface area (Å²) in [4.78, 5) is 11.7. The molecule has 0 aromatic heterocycles. The highest BCUT2D eigenvalue weighted by Gasteiger charge is 2.17. The van der Waals surface area contributed by atoms with Crippen molar-refractivity contribution in [3.63, 3.8) is 0 Å². The molecule has 0 unspecified atom stereocenters. The Hall–Kier alpha value is -2.06. The fraction of sp³-hybridized carbons (Fsp3) is 0.400. The molecule has 2 rings (SSSR count). The quantitative estimate of drug-likeness (QED) is 0.724. The molecule has 0 spiro atoms. The van der Waals surface area contributed by atoms with Gasteiger partial charge in [0, 0.05) is 11.7 Å². The van der Waals surface area contributed by atoms with Gasteiger partial charge in [0.1, 0.15) is 5.82 Å². The second kappa shape index (κ2) is 6.92. The highest BCUT2D eigenvalue weighted by atomic mass is 19.1. The van der Waals surface area contributed by atoms with Crippen molar-refractivity contribution in [2.75, 3.05) is 11.9 Å². The minimum Gasteiger partial charge on any atom is -0.335 e. The number of benzene rings is 1. The van der Waals surface area contributed by atoms with Crippen molar-refractivity contribution >= 4 is 11.7 Å². The largest absolute Gasteiger partial charge is 0.335 e. The molecule has 4 N–H and O–H groups in total. The normalized spacial score (nSPS) is 14.5. The smallest absolute Gasteiger partial charge is 0.319 e. The van der Waals surface area contributed by atoms with Crippen molar-refractivity contribution in [1.29, 1.82) is 0 Å². The molecule has 1 aromatic rings. The average molecular weight is 275 g/mol. The first-order valence-electron chi connectivity index (χ1n) is 6.75. The van der Waals surface area contributed by atoms with Gasteiger partial charge in [0.05, 0.1) is 12.1 Å². The number of carbonyl (C=O) groups excluding carboxylic acids is 1. The summed E-state index contributed by atoms with van der Waals surface area (Å²) in [6.07, 6.45) is 4.31. The first-order valence-corrected chi connectivity index (χ1v) is 6.75. The predicted octanol–water partition coefficient (Wildman–Crippen LogP) is 2.20. The van der Waals surface area contributed by atoms with Crippen LogP contribution < -0.4 is 16.4 Å². The third kappa shape index (κ3) is 3.97. The molecule has 0 aliphatic heterocycles. The van der Waals surface area contributed by atoms with Crippen molar-refractivity contribution in [3.8, 4) is 11.8 Å². The van der Waals surface area contributed by atoms with Crippen molar-refractivity contribution in [1.82, 2.24) is 5.32 Å². The number of rotatable bonds is 2. The van der Waals surface area contributed by atoms with Gasteiger partial charge in [-0.25, -0.2) is 9.18 Å². The first kappa shape index (κ1) is 14.4. The van der Waals surface area contributed by atoms with Crippen LogP contribution in [0.3, 0.4) is 0 Å². The molecule has 0 atom stereocenters. The molecule has 0 bridgehead atoms. The number of nitrogens with one attached hydrogen (secondary N) is 2. The lowest BCUT2D eigenvalue weighted by Gasteiger charge is -2.13. The van der Waals surface area contributed by atoms with Gasteiger partial charge in [-0.1, -0.05) is 24.7 Å². The number of halogens is 1. The molecule has 4 nitrogen and oxygen atoms in total. The third-order valence-electron chi connectivity index (χ3n) is 3.24. The van der Waals surface area contributed by atoms with E-state index in [1.165, 1.54) is 12.1 Å². The Kier molecular flexibility index (Phi) is 4.97. The fourth-order valence-electron chi connectivity index (χ4n) is 2.26. The number of urea groups is 1. The van der Waals surface area contributed by atoms with E-state index in [1.54, 1.807) is 6.07 Å². The topological polar surface area (TPSA) is 67.1 Å². The third-order valence-corrected chi connectivity index (χ3v) is 3.24. The Balaban J connectivity index is 1.95. The molecular formula is C15H18FN3O. The van der Waals surface area contributed by atoms with Crippen LogP contribution in [-0.4, -0.2) is 18.6 Å². The molecule has 1 saturated carbocycles. The monoisotopic (exact) mass is 275 g/mol. The zero-order valence-electron chi connectivity index (χ0n) is 11.2. The van der Waals surface area contributed by atoms with E-state index in [-0.39, 0.29) is 24.2 Å². The van der Waals surface area contributed by atoms with Crippen molar-refractivity contribution in [3.05, 3.63) is 29.6 Å². The maximum absolute atomic E-state index is 13.7. The summed E-state index contributed by atoms with van der Waals surface area (Å²) in [5.41, 5.74) is 5.93. The minimum absolute atomic E-state index is 0.184. The lowest BCUT2D eigenvalue weighted by atomic mass is 10.2. The van der Waals surface area contributed by atoms with Gasteiger partial charge < -0.3 is 16.4 Å². The Morgan fingerprint density at radius 2 is 2.15 bits per heavy atom. The molecule has 106 valence electrons. The zero-order valence-corrected chi connectivity index (χ0v) is 11.2. The molecule has 1 aliphatic carbocycles. The van der Waals surface area contributed by atoms with Crippen LogP contribution in [-0.2, 0) is 0 Å². The molecule has 1 aromatic carbocycles. The Morgan fingerprint density at radius 1 is 1.40 bits per heavy atom. The number of carbonyl (C=O) groups is 1. The minimum atomic E-state index is -0.468. The van der Waals surface area contributed by atoms with E-state index in [2.05, 4.69) is 22.5 Å². The van der Waals surface area contributed by atoms with E-state index < -0.39 is 5.82 Å². The van der Waals surface area contributed by atoms with Gasteiger partial charge in [-0.2, -0.15) is 0 Å². The summed E-state index contributed by atoms with van der Waals surface area (Å²) in [5.74, 6) is 4.76. The molecule has 0 radical (unpaired) electrons. The highest BCUT2D eigenvalue weighted by Crippen LogP contribution is 2.18. The molecular weight excluding hydrogens is 257 g/mol. The highest BCUT2D eigenvalue weighted by molar-refractivity contribution is 5.89. The number of anilines is 1. The van der Waals surface area contributed by atoms with Crippen LogP contribution in [0.1, 0.15) is 31.2 Å². The lowest BCUT2D eigenvalue weighted by Crippen LogP contribution is -2.36. The SMILES string of the molecule is NCC#Cc1ccc(NC(=O)NC2CCCC2)cc1F. The fourth-order valence-corrected chi connectivity index (χ4v) is 2.26. The number of amides is 2. The first-order chi connectivity index (χ1) is 9.69. The Morgan fingerprint density at radius 3 is 2.80 bits per heavy atom. The zero-order chi connectivity index (χ0) is 14.4. The van der Waals surface area contributed by atoms with Crippen LogP contribution >= 0.6 is 0 Å². The van der Waals surface area contributed by atoms with Gasteiger partial charge in [-0.15, -0.1) is 0 Å². The number of hydrogen-bond acceptors (Lipinski definition) is 2. The molecule has 1 aliphatic rings. The molecule has 2 amide bonds. The van der Waals surface area contributed by atoms with E-state index in [1.807, 2.05) is 0 Å². The van der Waals surface area contributed by atoms with Crippen LogP contribution in [0.4, 0.5) is 14.9 Å². The van der Waals surface area contributed by atoms with Gasteiger partial charge >= 0.3 is 6.03 Å². The number of hydrogen-bond donors (Lipinski definition) is 3. The maximum Gasteiger partial charge on any atom is 0.319 e. The van der Waals surface area contributed by atoms with Crippen molar-refractivity contribution in [2.24, 2.45) is 5.73 Å². The van der Waals surface area contributed by atoms with Gasteiger partial charge in [0.25, 0.3) is 0 Å². The maximum atomic E-state index is 13.7. The van der Waals surface area contributed by atoms with Gasteiger partial charge in [-0.05, 0) is 31.0 Å².